The standard InChI is InChI=1S/C48H31N3/c1-2-12-36(13-3-1)48-50-44-19-8-9-20-45(44)51(48)39-28-25-33(26-29-39)38-15-10-14-37(31-38)32-21-23-35(24-22-32)47-42-30-27-34-11-4-5-16-40(34)46(42)41-17-6-7-18-43(41)49-47/h1-31H. The minimum Gasteiger partial charge on any atom is -0.292 e. The fourth-order valence-electron chi connectivity index (χ4n) is 7.51. The van der Waals surface area contributed by atoms with E-state index < -0.39 is 0 Å². The van der Waals surface area contributed by atoms with Crippen LogP contribution in [0, 0.1) is 0 Å². The highest BCUT2D eigenvalue weighted by Gasteiger charge is 2.15. The van der Waals surface area contributed by atoms with E-state index in [1.54, 1.807) is 0 Å². The molecular weight excluding hydrogens is 619 g/mol. The Balaban J connectivity index is 0.998. The van der Waals surface area contributed by atoms with Crippen molar-refractivity contribution >= 4 is 43.5 Å². The molecule has 0 aliphatic heterocycles. The predicted molar refractivity (Wildman–Crippen MR) is 213 cm³/mol. The lowest BCUT2D eigenvalue weighted by Gasteiger charge is -2.13. The topological polar surface area (TPSA) is 30.7 Å². The van der Waals surface area contributed by atoms with Crippen molar-refractivity contribution in [3.8, 4) is 50.6 Å². The van der Waals surface area contributed by atoms with Crippen molar-refractivity contribution in [1.82, 2.24) is 14.5 Å². The average Bonchev–Trinajstić information content (AvgIpc) is 3.61. The van der Waals surface area contributed by atoms with Crippen LogP contribution in [0.2, 0.25) is 0 Å². The molecule has 0 bridgehead atoms. The molecule has 8 aromatic carbocycles. The molecule has 0 atom stereocenters. The Labute approximate surface area is 295 Å². The van der Waals surface area contributed by atoms with Crippen molar-refractivity contribution < 1.29 is 0 Å². The summed E-state index contributed by atoms with van der Waals surface area (Å²) in [5.74, 6) is 0.940. The third-order valence-electron chi connectivity index (χ3n) is 10.00. The third kappa shape index (κ3) is 4.98. The molecule has 0 aliphatic carbocycles. The van der Waals surface area contributed by atoms with Crippen molar-refractivity contribution in [1.29, 1.82) is 0 Å². The van der Waals surface area contributed by atoms with Crippen LogP contribution in [-0.4, -0.2) is 14.5 Å². The molecular formula is C48H31N3. The number of imidazole rings is 1. The number of nitrogens with zero attached hydrogens (tertiary/aromatic N) is 3. The van der Waals surface area contributed by atoms with Crippen LogP contribution >= 0.6 is 0 Å². The fourth-order valence-corrected chi connectivity index (χ4v) is 7.51. The number of rotatable bonds is 5. The molecule has 0 N–H and O–H groups in total. The molecule has 0 fully saturated rings. The van der Waals surface area contributed by atoms with Gasteiger partial charge in [-0.1, -0.05) is 152 Å². The maximum atomic E-state index is 5.20. The summed E-state index contributed by atoms with van der Waals surface area (Å²) in [6, 6.07) is 66.7. The van der Waals surface area contributed by atoms with E-state index in [1.807, 2.05) is 12.1 Å². The van der Waals surface area contributed by atoms with Gasteiger partial charge in [0.2, 0.25) is 0 Å². The highest BCUT2D eigenvalue weighted by Crippen LogP contribution is 2.38. The Morgan fingerprint density at radius 3 is 1.75 bits per heavy atom. The predicted octanol–water partition coefficient (Wildman–Crippen LogP) is 12.5. The number of hydrogen-bond donors (Lipinski definition) is 0. The Bertz CT molecular complexity index is 2870. The van der Waals surface area contributed by atoms with Crippen LogP contribution in [0.3, 0.4) is 0 Å². The molecule has 0 amide bonds. The molecule has 238 valence electrons. The monoisotopic (exact) mass is 649 g/mol. The molecule has 2 aromatic heterocycles. The molecule has 3 nitrogen and oxygen atoms in total. The Hall–Kier alpha value is -6.84. The second-order valence-electron chi connectivity index (χ2n) is 13.0. The highest BCUT2D eigenvalue weighted by molar-refractivity contribution is 6.22. The van der Waals surface area contributed by atoms with Crippen LogP contribution in [0.15, 0.2) is 188 Å². The molecule has 3 heteroatoms. The Morgan fingerprint density at radius 2 is 0.961 bits per heavy atom. The minimum atomic E-state index is 0.940. The summed E-state index contributed by atoms with van der Waals surface area (Å²) in [4.78, 5) is 10.2. The molecule has 0 unspecified atom stereocenters. The first-order valence-corrected chi connectivity index (χ1v) is 17.3. The van der Waals surface area contributed by atoms with E-state index in [2.05, 4.69) is 180 Å². The molecule has 0 saturated carbocycles. The summed E-state index contributed by atoms with van der Waals surface area (Å²) in [7, 11) is 0. The van der Waals surface area contributed by atoms with Crippen LogP contribution in [0.4, 0.5) is 0 Å². The first-order valence-electron chi connectivity index (χ1n) is 17.3. The fraction of sp³-hybridized carbons (Fsp3) is 0. The number of benzene rings is 8. The molecule has 0 saturated heterocycles. The highest BCUT2D eigenvalue weighted by atomic mass is 15.1. The van der Waals surface area contributed by atoms with Crippen LogP contribution in [0.5, 0.6) is 0 Å². The minimum absolute atomic E-state index is 0.940. The van der Waals surface area contributed by atoms with E-state index >= 15 is 0 Å². The number of para-hydroxylation sites is 3. The van der Waals surface area contributed by atoms with Gasteiger partial charge >= 0.3 is 0 Å². The van der Waals surface area contributed by atoms with Gasteiger partial charge in [-0.2, -0.15) is 0 Å². The van der Waals surface area contributed by atoms with Crippen LogP contribution < -0.4 is 0 Å². The number of pyridine rings is 1. The van der Waals surface area contributed by atoms with Gasteiger partial charge in [-0.15, -0.1) is 0 Å². The van der Waals surface area contributed by atoms with Gasteiger partial charge in [-0.25, -0.2) is 9.97 Å². The van der Waals surface area contributed by atoms with Crippen LogP contribution in [0.1, 0.15) is 0 Å². The summed E-state index contributed by atoms with van der Waals surface area (Å²) >= 11 is 0. The normalized spacial score (nSPS) is 11.5. The molecule has 0 aliphatic rings. The molecule has 2 heterocycles. The number of hydrogen-bond acceptors (Lipinski definition) is 2. The second-order valence-corrected chi connectivity index (χ2v) is 13.0. The SMILES string of the molecule is c1ccc(-c2nc3ccccc3n2-c2ccc(-c3cccc(-c4ccc(-c5nc6ccccc6c6c5ccc5ccccc56)cc4)c3)cc2)cc1. The molecule has 10 rings (SSSR count). The maximum Gasteiger partial charge on any atom is 0.145 e. The van der Waals surface area contributed by atoms with E-state index in [9.17, 15) is 0 Å². The quantitative estimate of drug-likeness (QED) is 0.174. The smallest absolute Gasteiger partial charge is 0.145 e. The van der Waals surface area contributed by atoms with Gasteiger partial charge in [-0.05, 0) is 69.4 Å². The van der Waals surface area contributed by atoms with Crippen molar-refractivity contribution in [2.45, 2.75) is 0 Å². The Morgan fingerprint density at radius 1 is 0.353 bits per heavy atom. The van der Waals surface area contributed by atoms with E-state index in [1.165, 1.54) is 49.2 Å². The van der Waals surface area contributed by atoms with Crippen LogP contribution in [-0.2, 0) is 0 Å². The summed E-state index contributed by atoms with van der Waals surface area (Å²) in [6.45, 7) is 0. The first kappa shape index (κ1) is 29.1. The van der Waals surface area contributed by atoms with Gasteiger partial charge in [0.1, 0.15) is 5.82 Å². The second kappa shape index (κ2) is 11.9. The number of aromatic nitrogens is 3. The average molecular weight is 650 g/mol. The molecule has 0 radical (unpaired) electrons. The van der Waals surface area contributed by atoms with Gasteiger partial charge in [0.25, 0.3) is 0 Å². The largest absolute Gasteiger partial charge is 0.292 e. The maximum absolute atomic E-state index is 5.20. The van der Waals surface area contributed by atoms with Gasteiger partial charge in [0.05, 0.1) is 22.2 Å². The lowest BCUT2D eigenvalue weighted by molar-refractivity contribution is 1.10. The van der Waals surface area contributed by atoms with E-state index in [0.29, 0.717) is 0 Å². The third-order valence-corrected chi connectivity index (χ3v) is 10.00. The van der Waals surface area contributed by atoms with Crippen molar-refractivity contribution in [2.75, 3.05) is 0 Å². The van der Waals surface area contributed by atoms with Crippen molar-refractivity contribution in [3.63, 3.8) is 0 Å². The van der Waals surface area contributed by atoms with Crippen molar-refractivity contribution in [2.24, 2.45) is 0 Å². The first-order chi connectivity index (χ1) is 25.3. The summed E-state index contributed by atoms with van der Waals surface area (Å²) in [5, 5.41) is 6.11. The van der Waals surface area contributed by atoms with Gasteiger partial charge in [0, 0.05) is 33.0 Å². The summed E-state index contributed by atoms with van der Waals surface area (Å²) in [5.41, 5.74) is 12.1. The molecule has 51 heavy (non-hydrogen) atoms. The molecule has 0 spiro atoms. The zero-order valence-corrected chi connectivity index (χ0v) is 27.7. The van der Waals surface area contributed by atoms with Crippen molar-refractivity contribution in [3.05, 3.63) is 188 Å². The van der Waals surface area contributed by atoms with E-state index in [-0.39, 0.29) is 0 Å². The zero-order chi connectivity index (χ0) is 33.7. The lowest BCUT2D eigenvalue weighted by Crippen LogP contribution is -1.97. The molecule has 10 aromatic rings. The van der Waals surface area contributed by atoms with E-state index in [0.717, 1.165) is 44.9 Å². The summed E-state index contributed by atoms with van der Waals surface area (Å²) in [6.07, 6.45) is 0. The zero-order valence-electron chi connectivity index (χ0n) is 27.7. The van der Waals surface area contributed by atoms with Gasteiger partial charge in [0.15, 0.2) is 0 Å². The van der Waals surface area contributed by atoms with Gasteiger partial charge in [-0.3, -0.25) is 4.57 Å². The summed E-state index contributed by atoms with van der Waals surface area (Å²) < 4.78 is 2.25. The van der Waals surface area contributed by atoms with Gasteiger partial charge < -0.3 is 0 Å². The van der Waals surface area contributed by atoms with Crippen LogP contribution in [0.25, 0.3) is 94.1 Å². The van der Waals surface area contributed by atoms with E-state index in [4.69, 9.17) is 9.97 Å². The number of fused-ring (bicyclic) bond motifs is 6. The lowest BCUT2D eigenvalue weighted by atomic mass is 9.94. The Kier molecular flexibility index (Phi) is 6.81.